The van der Waals surface area contributed by atoms with E-state index in [0.29, 0.717) is 19.3 Å². The number of unbranched alkanes of at least 4 members (excludes halogenated alkanes) is 32. The van der Waals surface area contributed by atoms with Gasteiger partial charge in [0.05, 0.1) is 0 Å². The first-order chi connectivity index (χ1) is 28.7. The van der Waals surface area contributed by atoms with Crippen molar-refractivity contribution in [2.75, 3.05) is 13.2 Å². The highest BCUT2D eigenvalue weighted by Gasteiger charge is 2.19. The van der Waals surface area contributed by atoms with Crippen LogP contribution < -0.4 is 0 Å². The SMILES string of the molecule is CCCCCCCCCCCCCCC(=O)OC[C@H](COC(=O)CCCCCCCCCC(C)C)OC(=O)CCCCCCCCCCCCCCCCCCC(C)C. The number of esters is 3. The lowest BCUT2D eigenvalue weighted by Gasteiger charge is -2.18. The molecule has 350 valence electrons. The highest BCUT2D eigenvalue weighted by Crippen LogP contribution is 2.17. The van der Waals surface area contributed by atoms with E-state index in [0.717, 1.165) is 69.6 Å². The van der Waals surface area contributed by atoms with Gasteiger partial charge in [-0.05, 0) is 31.1 Å². The fraction of sp³-hybridized carbons (Fsp3) is 0.943. The lowest BCUT2D eigenvalue weighted by Crippen LogP contribution is -2.30. The number of carbonyl (C=O) groups is 3. The van der Waals surface area contributed by atoms with Crippen molar-refractivity contribution in [2.45, 2.75) is 298 Å². The number of rotatable bonds is 47. The summed E-state index contributed by atoms with van der Waals surface area (Å²) in [7, 11) is 0. The Balaban J connectivity index is 4.25. The molecule has 0 aliphatic heterocycles. The van der Waals surface area contributed by atoms with E-state index in [2.05, 4.69) is 34.6 Å². The average molecular weight is 835 g/mol. The fourth-order valence-corrected chi connectivity index (χ4v) is 7.99. The molecule has 0 heterocycles. The number of carbonyl (C=O) groups excluding carboxylic acids is 3. The molecule has 1 atom stereocenters. The minimum absolute atomic E-state index is 0.0640. The molecule has 0 saturated heterocycles. The van der Waals surface area contributed by atoms with Gasteiger partial charge in [0.2, 0.25) is 0 Å². The van der Waals surface area contributed by atoms with E-state index in [9.17, 15) is 14.4 Å². The van der Waals surface area contributed by atoms with E-state index in [1.165, 1.54) is 180 Å². The molecule has 0 rings (SSSR count). The molecule has 0 aromatic carbocycles. The standard InChI is InChI=1S/C53H102O6/c1-6-7-8-9-10-11-12-20-23-28-33-38-43-51(54)57-46-50(47-58-52(55)44-39-34-30-25-27-32-37-42-49(4)5)59-53(56)45-40-35-29-24-21-18-16-14-13-15-17-19-22-26-31-36-41-48(2)3/h48-50H,6-47H2,1-5H3/t50-/m1/s1. The largest absolute Gasteiger partial charge is 0.462 e. The maximum Gasteiger partial charge on any atom is 0.306 e. The first-order valence-electron chi connectivity index (χ1n) is 26.2. The Labute approximate surface area is 368 Å². The van der Waals surface area contributed by atoms with Crippen LogP contribution in [-0.4, -0.2) is 37.2 Å². The Bertz CT molecular complexity index is 900. The Hall–Kier alpha value is -1.59. The summed E-state index contributed by atoms with van der Waals surface area (Å²) >= 11 is 0. The van der Waals surface area contributed by atoms with Crippen molar-refractivity contribution in [3.63, 3.8) is 0 Å². The number of hydrogen-bond donors (Lipinski definition) is 0. The second-order valence-electron chi connectivity index (χ2n) is 19.1. The zero-order valence-corrected chi connectivity index (χ0v) is 40.4. The van der Waals surface area contributed by atoms with Crippen molar-refractivity contribution >= 4 is 17.9 Å². The summed E-state index contributed by atoms with van der Waals surface area (Å²) < 4.78 is 16.8. The molecule has 59 heavy (non-hydrogen) atoms. The van der Waals surface area contributed by atoms with Gasteiger partial charge in [-0.3, -0.25) is 14.4 Å². The minimum Gasteiger partial charge on any atom is -0.462 e. The molecule has 0 aromatic heterocycles. The highest BCUT2D eigenvalue weighted by molar-refractivity contribution is 5.71. The molecule has 0 amide bonds. The third kappa shape index (κ3) is 47.3. The van der Waals surface area contributed by atoms with Crippen LogP contribution in [0.25, 0.3) is 0 Å². The molecule has 6 nitrogen and oxygen atoms in total. The van der Waals surface area contributed by atoms with Crippen molar-refractivity contribution in [2.24, 2.45) is 11.8 Å². The third-order valence-corrected chi connectivity index (χ3v) is 12.0. The van der Waals surface area contributed by atoms with Crippen LogP contribution in [0.1, 0.15) is 291 Å². The van der Waals surface area contributed by atoms with E-state index in [1.807, 2.05) is 0 Å². The predicted molar refractivity (Wildman–Crippen MR) is 252 cm³/mol. The maximum atomic E-state index is 12.8. The van der Waals surface area contributed by atoms with E-state index >= 15 is 0 Å². The first-order valence-corrected chi connectivity index (χ1v) is 26.2. The van der Waals surface area contributed by atoms with Crippen molar-refractivity contribution in [3.8, 4) is 0 Å². The second kappa shape index (κ2) is 45.9. The van der Waals surface area contributed by atoms with Crippen LogP contribution in [0.15, 0.2) is 0 Å². The normalized spacial score (nSPS) is 12.1. The highest BCUT2D eigenvalue weighted by atomic mass is 16.6. The third-order valence-electron chi connectivity index (χ3n) is 12.0. The molecule has 6 heteroatoms. The van der Waals surface area contributed by atoms with Gasteiger partial charge in [0, 0.05) is 19.3 Å². The zero-order valence-electron chi connectivity index (χ0n) is 40.4. The lowest BCUT2D eigenvalue weighted by molar-refractivity contribution is -0.167. The molecule has 0 unspecified atom stereocenters. The van der Waals surface area contributed by atoms with Crippen LogP contribution in [0.5, 0.6) is 0 Å². The van der Waals surface area contributed by atoms with Crippen LogP contribution in [-0.2, 0) is 28.6 Å². The summed E-state index contributed by atoms with van der Waals surface area (Å²) in [5.74, 6) is 0.783. The van der Waals surface area contributed by atoms with E-state index < -0.39 is 6.10 Å². The molecule has 0 radical (unpaired) electrons. The van der Waals surface area contributed by atoms with Crippen molar-refractivity contribution in [3.05, 3.63) is 0 Å². The summed E-state index contributed by atoms with van der Waals surface area (Å²) in [6.45, 7) is 11.3. The Kier molecular flexibility index (Phi) is 44.7. The average Bonchev–Trinajstić information content (AvgIpc) is 3.20. The lowest BCUT2D eigenvalue weighted by atomic mass is 10.0. The first kappa shape index (κ1) is 57.4. The van der Waals surface area contributed by atoms with Gasteiger partial charge in [0.1, 0.15) is 13.2 Å². The maximum absolute atomic E-state index is 12.8. The van der Waals surface area contributed by atoms with Crippen LogP contribution >= 0.6 is 0 Å². The van der Waals surface area contributed by atoms with Gasteiger partial charge in [0.15, 0.2) is 6.10 Å². The van der Waals surface area contributed by atoms with Gasteiger partial charge < -0.3 is 14.2 Å². The van der Waals surface area contributed by atoms with Gasteiger partial charge in [0.25, 0.3) is 0 Å². The molecule has 0 spiro atoms. The van der Waals surface area contributed by atoms with E-state index in [1.54, 1.807) is 0 Å². The molecular weight excluding hydrogens is 733 g/mol. The molecule has 0 bridgehead atoms. The van der Waals surface area contributed by atoms with Crippen molar-refractivity contribution in [1.82, 2.24) is 0 Å². The molecular formula is C53H102O6. The molecule has 0 N–H and O–H groups in total. The van der Waals surface area contributed by atoms with E-state index in [-0.39, 0.29) is 31.1 Å². The summed E-state index contributed by atoms with van der Waals surface area (Å²) in [5, 5.41) is 0. The summed E-state index contributed by atoms with van der Waals surface area (Å²) in [6, 6.07) is 0. The van der Waals surface area contributed by atoms with Gasteiger partial charge in [-0.1, -0.05) is 253 Å². The smallest absolute Gasteiger partial charge is 0.306 e. The number of hydrogen-bond acceptors (Lipinski definition) is 6. The van der Waals surface area contributed by atoms with E-state index in [4.69, 9.17) is 14.2 Å². The Morgan fingerprint density at radius 3 is 0.831 bits per heavy atom. The molecule has 0 fully saturated rings. The fourth-order valence-electron chi connectivity index (χ4n) is 7.99. The zero-order chi connectivity index (χ0) is 43.3. The topological polar surface area (TPSA) is 78.9 Å². The quantitative estimate of drug-likeness (QED) is 0.0345. The van der Waals surface area contributed by atoms with Crippen LogP contribution in [0.4, 0.5) is 0 Å². The summed E-state index contributed by atoms with van der Waals surface area (Å²) in [4.78, 5) is 37.9. The molecule has 0 aliphatic rings. The Morgan fingerprint density at radius 2 is 0.559 bits per heavy atom. The molecule has 0 aliphatic carbocycles. The van der Waals surface area contributed by atoms with Crippen molar-refractivity contribution in [1.29, 1.82) is 0 Å². The second-order valence-corrected chi connectivity index (χ2v) is 19.1. The van der Waals surface area contributed by atoms with Gasteiger partial charge in [-0.25, -0.2) is 0 Å². The predicted octanol–water partition coefficient (Wildman–Crippen LogP) is 16.9. The monoisotopic (exact) mass is 835 g/mol. The van der Waals surface area contributed by atoms with Gasteiger partial charge >= 0.3 is 17.9 Å². The molecule has 0 saturated carbocycles. The van der Waals surface area contributed by atoms with Gasteiger partial charge in [-0.15, -0.1) is 0 Å². The van der Waals surface area contributed by atoms with Crippen LogP contribution in [0.2, 0.25) is 0 Å². The minimum atomic E-state index is -0.761. The van der Waals surface area contributed by atoms with Crippen LogP contribution in [0, 0.1) is 11.8 Å². The van der Waals surface area contributed by atoms with Crippen molar-refractivity contribution < 1.29 is 28.6 Å². The van der Waals surface area contributed by atoms with Gasteiger partial charge in [-0.2, -0.15) is 0 Å². The number of ether oxygens (including phenoxy) is 3. The summed E-state index contributed by atoms with van der Waals surface area (Å²) in [6.07, 6.45) is 46.7. The van der Waals surface area contributed by atoms with Crippen LogP contribution in [0.3, 0.4) is 0 Å². The molecule has 0 aromatic rings. The summed E-state index contributed by atoms with van der Waals surface area (Å²) in [5.41, 5.74) is 0. The Morgan fingerprint density at radius 1 is 0.322 bits per heavy atom.